The average molecular weight is 316 g/mol. The van der Waals surface area contributed by atoms with Crippen LogP contribution in [0.5, 0.6) is 0 Å². The first kappa shape index (κ1) is 16.1. The van der Waals surface area contributed by atoms with Crippen molar-refractivity contribution in [1.82, 2.24) is 0 Å². The highest BCUT2D eigenvalue weighted by Crippen LogP contribution is 2.30. The summed E-state index contributed by atoms with van der Waals surface area (Å²) in [5.74, 6) is 0.453. The van der Waals surface area contributed by atoms with Gasteiger partial charge in [0.05, 0.1) is 4.90 Å². The number of nitrogens with one attached hydrogen (secondary N) is 1. The molecule has 0 amide bonds. The van der Waals surface area contributed by atoms with Gasteiger partial charge in [-0.05, 0) is 37.6 Å². The molecule has 0 aliphatic carbocycles. The van der Waals surface area contributed by atoms with Gasteiger partial charge in [-0.15, -0.1) is 11.6 Å². The molecule has 0 aromatic heterocycles. The molecule has 19 heavy (non-hydrogen) atoms. The number of rotatable bonds is 5. The summed E-state index contributed by atoms with van der Waals surface area (Å²) < 4.78 is 59.2. The van der Waals surface area contributed by atoms with Gasteiger partial charge in [-0.25, -0.2) is 8.42 Å². The fraction of sp³-hybridized carbons (Fsp3) is 0.455. The third-order valence-electron chi connectivity index (χ3n) is 2.42. The molecule has 1 unspecified atom stereocenters. The molecule has 0 aliphatic heterocycles. The largest absolute Gasteiger partial charge is 0.501 e. The quantitative estimate of drug-likeness (QED) is 0.847. The topological polar surface area (TPSA) is 46.2 Å². The molecule has 8 heteroatoms. The Morgan fingerprint density at radius 2 is 1.79 bits per heavy atom. The molecule has 0 bridgehead atoms. The molecular formula is C11H13ClF3NO2S. The van der Waals surface area contributed by atoms with Crippen molar-refractivity contribution in [2.24, 2.45) is 0 Å². The van der Waals surface area contributed by atoms with E-state index in [1.54, 1.807) is 0 Å². The summed E-state index contributed by atoms with van der Waals surface area (Å²) in [6.07, 6.45) is 0.685. The third kappa shape index (κ3) is 4.01. The van der Waals surface area contributed by atoms with Crippen LogP contribution in [0, 0.1) is 0 Å². The Kier molecular flexibility index (Phi) is 5.09. The number of alkyl halides is 4. The van der Waals surface area contributed by atoms with Crippen LogP contribution in [0.1, 0.15) is 13.3 Å². The Morgan fingerprint density at radius 1 is 1.26 bits per heavy atom. The van der Waals surface area contributed by atoms with Crippen molar-refractivity contribution in [2.45, 2.75) is 29.8 Å². The van der Waals surface area contributed by atoms with Crippen LogP contribution < -0.4 is 5.32 Å². The van der Waals surface area contributed by atoms with Gasteiger partial charge in [-0.3, -0.25) is 0 Å². The zero-order valence-corrected chi connectivity index (χ0v) is 11.6. The summed E-state index contributed by atoms with van der Waals surface area (Å²) in [5, 5.41) is 3.00. The smallest absolute Gasteiger partial charge is 0.383 e. The third-order valence-corrected chi connectivity index (χ3v) is 4.14. The average Bonchev–Trinajstić information content (AvgIpc) is 2.28. The highest BCUT2D eigenvalue weighted by atomic mass is 35.5. The van der Waals surface area contributed by atoms with Crippen LogP contribution in [0.4, 0.5) is 18.9 Å². The fourth-order valence-electron chi connectivity index (χ4n) is 1.38. The van der Waals surface area contributed by atoms with Crippen LogP contribution >= 0.6 is 11.6 Å². The predicted molar refractivity (Wildman–Crippen MR) is 68.1 cm³/mol. The van der Waals surface area contributed by atoms with Gasteiger partial charge in [0.1, 0.15) is 0 Å². The molecule has 0 heterocycles. The molecule has 3 nitrogen and oxygen atoms in total. The van der Waals surface area contributed by atoms with Gasteiger partial charge in [0.25, 0.3) is 9.84 Å². The Labute approximate surface area is 114 Å². The molecule has 0 aliphatic rings. The lowest BCUT2D eigenvalue weighted by atomic mass is 10.2. The van der Waals surface area contributed by atoms with Gasteiger partial charge in [-0.2, -0.15) is 13.2 Å². The molecule has 0 radical (unpaired) electrons. The SMILES string of the molecule is CC(CCCl)Nc1ccc(S(=O)(=O)C(F)(F)F)cc1. The van der Waals surface area contributed by atoms with E-state index in [0.717, 1.165) is 12.1 Å². The minimum atomic E-state index is -5.28. The van der Waals surface area contributed by atoms with Crippen LogP contribution in [0.15, 0.2) is 29.2 Å². The minimum Gasteiger partial charge on any atom is -0.383 e. The normalized spacial score (nSPS) is 14.2. The fourth-order valence-corrected chi connectivity index (χ4v) is 2.47. The van der Waals surface area contributed by atoms with Gasteiger partial charge in [-0.1, -0.05) is 0 Å². The summed E-state index contributed by atoms with van der Waals surface area (Å²) in [6.45, 7) is 1.86. The van der Waals surface area contributed by atoms with E-state index in [-0.39, 0.29) is 6.04 Å². The second kappa shape index (κ2) is 6.00. The Balaban J connectivity index is 2.89. The van der Waals surface area contributed by atoms with E-state index in [2.05, 4.69) is 5.32 Å². The van der Waals surface area contributed by atoms with Gasteiger partial charge in [0.15, 0.2) is 0 Å². The summed E-state index contributed by atoms with van der Waals surface area (Å²) in [5.41, 5.74) is -4.74. The summed E-state index contributed by atoms with van der Waals surface area (Å²) >= 11 is 5.55. The maximum Gasteiger partial charge on any atom is 0.501 e. The molecule has 1 aromatic carbocycles. The zero-order chi connectivity index (χ0) is 14.7. The molecule has 1 N–H and O–H groups in total. The monoisotopic (exact) mass is 315 g/mol. The second-order valence-corrected chi connectivity index (χ2v) is 6.32. The van der Waals surface area contributed by atoms with E-state index in [9.17, 15) is 21.6 Å². The Bertz CT molecular complexity index is 514. The predicted octanol–water partition coefficient (Wildman–Crippen LogP) is 3.41. The highest BCUT2D eigenvalue weighted by molar-refractivity contribution is 7.92. The van der Waals surface area contributed by atoms with Gasteiger partial charge in [0, 0.05) is 17.6 Å². The molecule has 0 saturated heterocycles. The van der Waals surface area contributed by atoms with E-state index < -0.39 is 20.2 Å². The van der Waals surface area contributed by atoms with E-state index in [0.29, 0.717) is 18.0 Å². The molecular weight excluding hydrogens is 303 g/mol. The first-order valence-corrected chi connectivity index (χ1v) is 7.44. The van der Waals surface area contributed by atoms with E-state index in [4.69, 9.17) is 11.6 Å². The maximum atomic E-state index is 12.3. The van der Waals surface area contributed by atoms with Crippen LogP contribution in [-0.4, -0.2) is 25.8 Å². The second-order valence-electron chi connectivity index (χ2n) is 4.00. The van der Waals surface area contributed by atoms with E-state index in [1.165, 1.54) is 12.1 Å². The van der Waals surface area contributed by atoms with Gasteiger partial charge < -0.3 is 5.32 Å². The molecule has 0 saturated carbocycles. The lowest BCUT2D eigenvalue weighted by Crippen LogP contribution is -2.23. The molecule has 1 atom stereocenters. The van der Waals surface area contributed by atoms with Crippen molar-refractivity contribution in [2.75, 3.05) is 11.2 Å². The Morgan fingerprint density at radius 3 is 2.21 bits per heavy atom. The van der Waals surface area contributed by atoms with Crippen LogP contribution in [0.3, 0.4) is 0 Å². The zero-order valence-electron chi connectivity index (χ0n) is 10.0. The minimum absolute atomic E-state index is 0.0440. The first-order valence-electron chi connectivity index (χ1n) is 5.42. The van der Waals surface area contributed by atoms with Crippen molar-refractivity contribution in [3.63, 3.8) is 0 Å². The van der Waals surface area contributed by atoms with Crippen LogP contribution in [0.25, 0.3) is 0 Å². The maximum absolute atomic E-state index is 12.3. The number of hydrogen-bond donors (Lipinski definition) is 1. The Hall–Kier alpha value is -0.950. The first-order chi connectivity index (χ1) is 8.68. The van der Waals surface area contributed by atoms with Crippen molar-refractivity contribution in [3.05, 3.63) is 24.3 Å². The molecule has 108 valence electrons. The molecule has 0 spiro atoms. The number of sulfone groups is 1. The van der Waals surface area contributed by atoms with Crippen LogP contribution in [-0.2, 0) is 9.84 Å². The number of hydrogen-bond acceptors (Lipinski definition) is 3. The lowest BCUT2D eigenvalue weighted by Gasteiger charge is -2.14. The molecule has 0 fully saturated rings. The van der Waals surface area contributed by atoms with E-state index >= 15 is 0 Å². The summed E-state index contributed by atoms with van der Waals surface area (Å²) in [4.78, 5) is -0.768. The van der Waals surface area contributed by atoms with Gasteiger partial charge in [0.2, 0.25) is 0 Å². The number of benzene rings is 1. The summed E-state index contributed by atoms with van der Waals surface area (Å²) in [7, 11) is -5.28. The van der Waals surface area contributed by atoms with Crippen molar-refractivity contribution < 1.29 is 21.6 Å². The van der Waals surface area contributed by atoms with Gasteiger partial charge >= 0.3 is 5.51 Å². The number of halogens is 4. The van der Waals surface area contributed by atoms with Crippen molar-refractivity contribution in [3.8, 4) is 0 Å². The number of anilines is 1. The standard InChI is InChI=1S/C11H13ClF3NO2S/c1-8(6-7-12)16-9-2-4-10(5-3-9)19(17,18)11(13,14)15/h2-5,8,16H,6-7H2,1H3. The highest BCUT2D eigenvalue weighted by Gasteiger charge is 2.46. The van der Waals surface area contributed by atoms with Crippen LogP contribution in [0.2, 0.25) is 0 Å². The summed E-state index contributed by atoms with van der Waals surface area (Å²) in [6, 6.07) is 4.49. The van der Waals surface area contributed by atoms with Crippen molar-refractivity contribution in [1.29, 1.82) is 0 Å². The lowest BCUT2D eigenvalue weighted by molar-refractivity contribution is -0.0436. The van der Waals surface area contributed by atoms with E-state index in [1.807, 2.05) is 6.92 Å². The van der Waals surface area contributed by atoms with Crippen molar-refractivity contribution >= 4 is 27.1 Å². The molecule has 1 rings (SSSR count). The molecule has 1 aromatic rings.